The van der Waals surface area contributed by atoms with Gasteiger partial charge < -0.3 is 24.4 Å². The molecule has 0 aliphatic carbocycles. The number of hydrogen-bond donors (Lipinski definition) is 1. The van der Waals surface area contributed by atoms with Gasteiger partial charge in [0.15, 0.2) is 16.7 Å². The van der Waals surface area contributed by atoms with E-state index in [0.717, 1.165) is 50.2 Å². The minimum Gasteiger partial charge on any atom is -0.454 e. The van der Waals surface area contributed by atoms with Gasteiger partial charge in [-0.25, -0.2) is 0 Å². The number of thioether (sulfide) groups is 1. The molecule has 10 heteroatoms. The molecule has 3 aliphatic heterocycles. The molecule has 9 nitrogen and oxygen atoms in total. The zero-order valence-corrected chi connectivity index (χ0v) is 17.5. The van der Waals surface area contributed by atoms with E-state index < -0.39 is 0 Å². The Morgan fingerprint density at radius 1 is 1.17 bits per heavy atom. The van der Waals surface area contributed by atoms with Crippen molar-refractivity contribution in [1.29, 1.82) is 0 Å². The minimum absolute atomic E-state index is 0.103. The first-order chi connectivity index (χ1) is 14.8. The predicted octanol–water partition coefficient (Wildman–Crippen LogP) is 2.52. The van der Waals surface area contributed by atoms with Gasteiger partial charge in [-0.2, -0.15) is 0 Å². The molecule has 5 rings (SSSR count). The van der Waals surface area contributed by atoms with E-state index in [0.29, 0.717) is 17.2 Å². The summed E-state index contributed by atoms with van der Waals surface area (Å²) in [4.78, 5) is 14.8. The normalized spacial score (nSPS) is 20.1. The number of carbonyl (C=O) groups is 1. The molecular weight excluding hydrogens is 406 g/mol. The molecule has 1 aromatic carbocycles. The van der Waals surface area contributed by atoms with Gasteiger partial charge >= 0.3 is 0 Å². The van der Waals surface area contributed by atoms with Gasteiger partial charge in [0.1, 0.15) is 0 Å². The zero-order valence-electron chi connectivity index (χ0n) is 16.7. The third kappa shape index (κ3) is 4.20. The van der Waals surface area contributed by atoms with Crippen molar-refractivity contribution >= 4 is 29.3 Å². The van der Waals surface area contributed by atoms with Crippen molar-refractivity contribution in [1.82, 2.24) is 14.8 Å². The summed E-state index contributed by atoms with van der Waals surface area (Å²) in [6.45, 7) is 3.75. The quantitative estimate of drug-likeness (QED) is 0.669. The number of carbonyl (C=O) groups excluding carboxylic acids is 1. The van der Waals surface area contributed by atoms with E-state index in [-0.39, 0.29) is 24.6 Å². The first-order valence-corrected chi connectivity index (χ1v) is 11.4. The number of amides is 1. The molecule has 2 saturated heterocycles. The molecule has 2 fully saturated rings. The third-order valence-corrected chi connectivity index (χ3v) is 6.45. The number of hydrogen-bond acceptors (Lipinski definition) is 8. The summed E-state index contributed by atoms with van der Waals surface area (Å²) in [5.41, 5.74) is 0.684. The zero-order chi connectivity index (χ0) is 20.3. The standard InChI is InChI=1S/C20H25N5O4S/c26-18(21-14-5-6-16-17(10-14)29-13-28-16)12-30-20-23-22-19(24-7-1-2-8-24)25(20)11-15-4-3-9-27-15/h5-6,10,15H,1-4,7-9,11-13H2,(H,21,26)/t15-/m1/s1. The Hall–Kier alpha value is -2.46. The lowest BCUT2D eigenvalue weighted by Gasteiger charge is -2.20. The van der Waals surface area contributed by atoms with E-state index in [2.05, 4.69) is 25.0 Å². The lowest BCUT2D eigenvalue weighted by Crippen LogP contribution is -2.25. The fourth-order valence-corrected chi connectivity index (χ4v) is 4.73. The minimum atomic E-state index is -0.103. The van der Waals surface area contributed by atoms with Crippen LogP contribution in [0.1, 0.15) is 25.7 Å². The highest BCUT2D eigenvalue weighted by Gasteiger charge is 2.25. The van der Waals surface area contributed by atoms with Crippen molar-refractivity contribution < 1.29 is 19.0 Å². The topological polar surface area (TPSA) is 90.7 Å². The molecule has 1 atom stereocenters. The van der Waals surface area contributed by atoms with Gasteiger partial charge in [0.25, 0.3) is 0 Å². The van der Waals surface area contributed by atoms with Crippen molar-refractivity contribution in [2.45, 2.75) is 43.5 Å². The molecular formula is C20H25N5O4S. The molecule has 0 radical (unpaired) electrons. The summed E-state index contributed by atoms with van der Waals surface area (Å²) in [5.74, 6) is 2.37. The number of nitrogens with one attached hydrogen (secondary N) is 1. The number of rotatable bonds is 7. The summed E-state index contributed by atoms with van der Waals surface area (Å²) in [5, 5.41) is 12.5. The highest BCUT2D eigenvalue weighted by Crippen LogP contribution is 2.34. The van der Waals surface area contributed by atoms with Crippen molar-refractivity contribution in [3.8, 4) is 11.5 Å². The van der Waals surface area contributed by atoms with Crippen LogP contribution in [0.15, 0.2) is 23.4 Å². The SMILES string of the molecule is O=C(CSc1nnc(N2CCCC2)n1C[C@H]1CCCO1)Nc1ccc2c(c1)OCO2. The number of aromatic nitrogens is 3. The molecule has 160 valence electrons. The predicted molar refractivity (Wildman–Crippen MR) is 112 cm³/mol. The molecule has 1 aromatic heterocycles. The molecule has 0 unspecified atom stereocenters. The van der Waals surface area contributed by atoms with Crippen LogP contribution in [-0.4, -0.2) is 59.0 Å². The fourth-order valence-electron chi connectivity index (χ4n) is 3.99. The van der Waals surface area contributed by atoms with Crippen LogP contribution in [0, 0.1) is 0 Å². The monoisotopic (exact) mass is 431 g/mol. The number of ether oxygens (including phenoxy) is 3. The average Bonchev–Trinajstić information content (AvgIpc) is 3.53. The largest absolute Gasteiger partial charge is 0.454 e. The van der Waals surface area contributed by atoms with Crippen molar-refractivity contribution in [2.75, 3.05) is 42.5 Å². The van der Waals surface area contributed by atoms with Crippen molar-refractivity contribution in [3.05, 3.63) is 18.2 Å². The second-order valence-electron chi connectivity index (χ2n) is 7.63. The van der Waals surface area contributed by atoms with Gasteiger partial charge in [-0.3, -0.25) is 9.36 Å². The summed E-state index contributed by atoms with van der Waals surface area (Å²) in [7, 11) is 0. The van der Waals surface area contributed by atoms with Crippen molar-refractivity contribution in [3.63, 3.8) is 0 Å². The van der Waals surface area contributed by atoms with Crippen LogP contribution >= 0.6 is 11.8 Å². The Labute approximate surface area is 179 Å². The second-order valence-corrected chi connectivity index (χ2v) is 8.57. The smallest absolute Gasteiger partial charge is 0.234 e. The molecule has 1 amide bonds. The molecule has 0 saturated carbocycles. The summed E-state index contributed by atoms with van der Waals surface area (Å²) >= 11 is 1.40. The van der Waals surface area contributed by atoms with Gasteiger partial charge in [-0.1, -0.05) is 11.8 Å². The Morgan fingerprint density at radius 3 is 2.87 bits per heavy atom. The van der Waals surface area contributed by atoms with Crippen LogP contribution in [0.2, 0.25) is 0 Å². The molecule has 1 N–H and O–H groups in total. The van der Waals surface area contributed by atoms with E-state index in [4.69, 9.17) is 14.2 Å². The van der Waals surface area contributed by atoms with Crippen LogP contribution in [0.25, 0.3) is 0 Å². The summed E-state index contributed by atoms with van der Waals surface area (Å²) in [6.07, 6.45) is 4.67. The highest BCUT2D eigenvalue weighted by molar-refractivity contribution is 7.99. The van der Waals surface area contributed by atoms with Crippen LogP contribution in [0.4, 0.5) is 11.6 Å². The lowest BCUT2D eigenvalue weighted by molar-refractivity contribution is -0.113. The molecule has 3 aliphatic rings. The van der Waals surface area contributed by atoms with E-state index in [9.17, 15) is 4.79 Å². The summed E-state index contributed by atoms with van der Waals surface area (Å²) < 4.78 is 18.6. The van der Waals surface area contributed by atoms with E-state index >= 15 is 0 Å². The van der Waals surface area contributed by atoms with Crippen LogP contribution < -0.4 is 19.7 Å². The Kier molecular flexibility index (Phi) is 5.67. The first kappa shape index (κ1) is 19.5. The van der Waals surface area contributed by atoms with Gasteiger partial charge in [0.05, 0.1) is 18.4 Å². The molecule has 30 heavy (non-hydrogen) atoms. The van der Waals surface area contributed by atoms with Gasteiger partial charge in [-0.15, -0.1) is 10.2 Å². The summed E-state index contributed by atoms with van der Waals surface area (Å²) in [6, 6.07) is 5.38. The molecule has 0 bridgehead atoms. The molecule has 0 spiro atoms. The van der Waals surface area contributed by atoms with E-state index in [1.807, 2.05) is 6.07 Å². The Bertz CT molecular complexity index is 909. The maximum Gasteiger partial charge on any atom is 0.234 e. The van der Waals surface area contributed by atoms with Crippen LogP contribution in [0.3, 0.4) is 0 Å². The van der Waals surface area contributed by atoms with Gasteiger partial charge in [0, 0.05) is 31.5 Å². The maximum absolute atomic E-state index is 12.5. The maximum atomic E-state index is 12.5. The molecule has 4 heterocycles. The number of nitrogens with zero attached hydrogens (tertiary/aromatic N) is 4. The highest BCUT2D eigenvalue weighted by atomic mass is 32.2. The van der Waals surface area contributed by atoms with Crippen LogP contribution in [0.5, 0.6) is 11.5 Å². The average molecular weight is 432 g/mol. The third-order valence-electron chi connectivity index (χ3n) is 5.49. The van der Waals surface area contributed by atoms with Crippen LogP contribution in [-0.2, 0) is 16.1 Å². The Morgan fingerprint density at radius 2 is 2.03 bits per heavy atom. The van der Waals surface area contributed by atoms with Crippen molar-refractivity contribution in [2.24, 2.45) is 0 Å². The van der Waals surface area contributed by atoms with E-state index in [1.165, 1.54) is 24.6 Å². The second kappa shape index (κ2) is 8.73. The first-order valence-electron chi connectivity index (χ1n) is 10.4. The molecule has 2 aromatic rings. The Balaban J connectivity index is 1.25. The lowest BCUT2D eigenvalue weighted by atomic mass is 10.2. The number of anilines is 2. The van der Waals surface area contributed by atoms with Gasteiger partial charge in [0.2, 0.25) is 18.6 Å². The number of benzene rings is 1. The van der Waals surface area contributed by atoms with E-state index in [1.54, 1.807) is 12.1 Å². The number of fused-ring (bicyclic) bond motifs is 1. The fraction of sp³-hybridized carbons (Fsp3) is 0.550. The van der Waals surface area contributed by atoms with Gasteiger partial charge in [-0.05, 0) is 37.8 Å².